The van der Waals surface area contributed by atoms with Crippen molar-refractivity contribution in [1.29, 1.82) is 0 Å². The Kier molecular flexibility index (Phi) is 7.00. The molecule has 1 atom stereocenters. The van der Waals surface area contributed by atoms with Gasteiger partial charge in [-0.15, -0.1) is 0 Å². The fourth-order valence-electron chi connectivity index (χ4n) is 4.61. The molecule has 150 valence electrons. The lowest BCUT2D eigenvalue weighted by atomic mass is 9.88. The fourth-order valence-corrected chi connectivity index (χ4v) is 4.61. The molecule has 1 heterocycles. The van der Waals surface area contributed by atoms with E-state index in [9.17, 15) is 5.11 Å². The number of fused-ring (bicyclic) bond motifs is 1. The molecule has 1 aliphatic carbocycles. The number of guanidine groups is 1. The number of aryl methyl sites for hydroxylation is 1. The van der Waals surface area contributed by atoms with Crippen molar-refractivity contribution in [3.05, 3.63) is 28.8 Å². The van der Waals surface area contributed by atoms with E-state index in [2.05, 4.69) is 40.0 Å². The standard InChI is InChI=1S/C22H36N4O/c1-4-25(5-2)15-17-12-13-26(16-17)22(23-3)24-14-20-19-9-7-6-8-18(19)10-11-21(20)27/h10-11,17,27H,4-9,12-16H2,1-3H3,(H,23,24). The minimum absolute atomic E-state index is 0.416. The highest BCUT2D eigenvalue weighted by molar-refractivity contribution is 5.80. The first-order chi connectivity index (χ1) is 13.2. The second-order valence-corrected chi connectivity index (χ2v) is 7.90. The van der Waals surface area contributed by atoms with Gasteiger partial charge in [0.15, 0.2) is 5.96 Å². The maximum Gasteiger partial charge on any atom is 0.193 e. The molecule has 1 aliphatic heterocycles. The zero-order valence-electron chi connectivity index (χ0n) is 17.3. The summed E-state index contributed by atoms with van der Waals surface area (Å²) in [5, 5.41) is 13.9. The quantitative estimate of drug-likeness (QED) is 0.595. The van der Waals surface area contributed by atoms with E-state index in [1.54, 1.807) is 0 Å². The number of aliphatic imine (C=N–C) groups is 1. The second kappa shape index (κ2) is 9.45. The van der Waals surface area contributed by atoms with Crippen molar-refractivity contribution in [2.24, 2.45) is 10.9 Å². The zero-order chi connectivity index (χ0) is 19.2. The normalized spacial score (nSPS) is 20.2. The van der Waals surface area contributed by atoms with E-state index in [-0.39, 0.29) is 0 Å². The summed E-state index contributed by atoms with van der Waals surface area (Å²) in [7, 11) is 1.86. The molecule has 5 nitrogen and oxygen atoms in total. The van der Waals surface area contributed by atoms with E-state index in [0.717, 1.165) is 50.5 Å². The van der Waals surface area contributed by atoms with Crippen molar-refractivity contribution >= 4 is 5.96 Å². The van der Waals surface area contributed by atoms with Crippen LogP contribution in [-0.2, 0) is 19.4 Å². The summed E-state index contributed by atoms with van der Waals surface area (Å²) < 4.78 is 0. The number of benzene rings is 1. The fraction of sp³-hybridized carbons (Fsp3) is 0.682. The number of nitrogens with one attached hydrogen (secondary N) is 1. The molecule has 0 radical (unpaired) electrons. The molecule has 0 saturated carbocycles. The highest BCUT2D eigenvalue weighted by Crippen LogP contribution is 2.30. The van der Waals surface area contributed by atoms with Gasteiger partial charge < -0.3 is 20.2 Å². The van der Waals surface area contributed by atoms with E-state index in [1.807, 2.05) is 13.1 Å². The van der Waals surface area contributed by atoms with Gasteiger partial charge in [-0.3, -0.25) is 4.99 Å². The van der Waals surface area contributed by atoms with Gasteiger partial charge in [0, 0.05) is 38.8 Å². The molecule has 1 saturated heterocycles. The molecule has 1 unspecified atom stereocenters. The lowest BCUT2D eigenvalue weighted by molar-refractivity contribution is 0.255. The van der Waals surface area contributed by atoms with Crippen LogP contribution in [0.3, 0.4) is 0 Å². The first kappa shape index (κ1) is 20.0. The first-order valence-electron chi connectivity index (χ1n) is 10.7. The number of phenolic OH excluding ortho intramolecular Hbond substituents is 1. The van der Waals surface area contributed by atoms with Gasteiger partial charge in [0.05, 0.1) is 0 Å². The van der Waals surface area contributed by atoms with Gasteiger partial charge in [0.2, 0.25) is 0 Å². The Morgan fingerprint density at radius 1 is 1.26 bits per heavy atom. The van der Waals surface area contributed by atoms with Gasteiger partial charge in [0.25, 0.3) is 0 Å². The minimum Gasteiger partial charge on any atom is -0.508 e. The van der Waals surface area contributed by atoms with Crippen LogP contribution in [-0.4, -0.2) is 60.6 Å². The molecular formula is C22H36N4O. The van der Waals surface area contributed by atoms with Crippen LogP contribution in [0.2, 0.25) is 0 Å². The van der Waals surface area contributed by atoms with Crippen molar-refractivity contribution in [3.8, 4) is 5.75 Å². The third-order valence-corrected chi connectivity index (χ3v) is 6.26. The molecule has 2 N–H and O–H groups in total. The predicted molar refractivity (Wildman–Crippen MR) is 112 cm³/mol. The van der Waals surface area contributed by atoms with Crippen molar-refractivity contribution in [1.82, 2.24) is 15.1 Å². The van der Waals surface area contributed by atoms with Crippen LogP contribution in [0, 0.1) is 5.92 Å². The largest absolute Gasteiger partial charge is 0.508 e. The molecule has 0 amide bonds. The van der Waals surface area contributed by atoms with E-state index in [0.29, 0.717) is 18.2 Å². The molecule has 0 spiro atoms. The minimum atomic E-state index is 0.416. The average molecular weight is 373 g/mol. The van der Waals surface area contributed by atoms with Gasteiger partial charge in [0.1, 0.15) is 5.75 Å². The lowest BCUT2D eigenvalue weighted by Gasteiger charge is -2.25. The van der Waals surface area contributed by atoms with Gasteiger partial charge >= 0.3 is 0 Å². The number of phenols is 1. The Morgan fingerprint density at radius 2 is 2.04 bits per heavy atom. The van der Waals surface area contributed by atoms with Crippen LogP contribution >= 0.6 is 0 Å². The molecule has 0 aromatic heterocycles. The summed E-state index contributed by atoms with van der Waals surface area (Å²) in [6, 6.07) is 3.96. The topological polar surface area (TPSA) is 51.1 Å². The smallest absolute Gasteiger partial charge is 0.193 e. The first-order valence-corrected chi connectivity index (χ1v) is 10.7. The highest BCUT2D eigenvalue weighted by atomic mass is 16.3. The Labute approximate surface area is 164 Å². The van der Waals surface area contributed by atoms with E-state index in [1.165, 1.54) is 36.9 Å². The summed E-state index contributed by atoms with van der Waals surface area (Å²) in [6.45, 7) is 10.7. The summed E-state index contributed by atoms with van der Waals surface area (Å²) in [6.07, 6.45) is 5.92. The molecule has 27 heavy (non-hydrogen) atoms. The number of rotatable bonds is 6. The van der Waals surface area contributed by atoms with Crippen LogP contribution in [0.4, 0.5) is 0 Å². The van der Waals surface area contributed by atoms with Crippen molar-refractivity contribution < 1.29 is 5.11 Å². The van der Waals surface area contributed by atoms with Crippen molar-refractivity contribution in [2.75, 3.05) is 39.8 Å². The van der Waals surface area contributed by atoms with Crippen molar-refractivity contribution in [2.45, 2.75) is 52.5 Å². The molecule has 2 aliphatic rings. The summed E-state index contributed by atoms with van der Waals surface area (Å²) in [4.78, 5) is 9.41. The Hall–Kier alpha value is -1.75. The number of hydrogen-bond acceptors (Lipinski definition) is 3. The highest BCUT2D eigenvalue weighted by Gasteiger charge is 2.26. The number of aromatic hydroxyl groups is 1. The molecule has 0 bridgehead atoms. The molecule has 3 rings (SSSR count). The van der Waals surface area contributed by atoms with Gasteiger partial charge in [-0.2, -0.15) is 0 Å². The number of hydrogen-bond donors (Lipinski definition) is 2. The predicted octanol–water partition coefficient (Wildman–Crippen LogP) is 3.01. The Bertz CT molecular complexity index is 654. The van der Waals surface area contributed by atoms with Gasteiger partial charge in [-0.25, -0.2) is 0 Å². The van der Waals surface area contributed by atoms with E-state index >= 15 is 0 Å². The third-order valence-electron chi connectivity index (χ3n) is 6.26. The molecular weight excluding hydrogens is 336 g/mol. The summed E-state index contributed by atoms with van der Waals surface area (Å²) in [5.74, 6) is 2.09. The summed E-state index contributed by atoms with van der Waals surface area (Å²) >= 11 is 0. The Balaban J connectivity index is 1.61. The van der Waals surface area contributed by atoms with E-state index in [4.69, 9.17) is 0 Å². The van der Waals surface area contributed by atoms with Gasteiger partial charge in [-0.05, 0) is 68.3 Å². The van der Waals surface area contributed by atoms with Crippen LogP contribution in [0.1, 0.15) is 49.8 Å². The lowest BCUT2D eigenvalue weighted by Crippen LogP contribution is -2.40. The van der Waals surface area contributed by atoms with Gasteiger partial charge in [-0.1, -0.05) is 19.9 Å². The Morgan fingerprint density at radius 3 is 2.78 bits per heavy atom. The van der Waals surface area contributed by atoms with Crippen LogP contribution in [0.25, 0.3) is 0 Å². The monoisotopic (exact) mass is 372 g/mol. The van der Waals surface area contributed by atoms with Crippen molar-refractivity contribution in [3.63, 3.8) is 0 Å². The third kappa shape index (κ3) is 4.75. The number of nitrogens with zero attached hydrogens (tertiary/aromatic N) is 3. The molecule has 1 aromatic carbocycles. The SMILES string of the molecule is CCN(CC)CC1CCN(C(=NC)NCc2c(O)ccc3c2CCCC3)C1. The zero-order valence-corrected chi connectivity index (χ0v) is 17.3. The van der Waals surface area contributed by atoms with Crippen LogP contribution in [0.5, 0.6) is 5.75 Å². The second-order valence-electron chi connectivity index (χ2n) is 7.90. The van der Waals surface area contributed by atoms with Crippen LogP contribution in [0.15, 0.2) is 17.1 Å². The molecule has 1 aromatic rings. The molecule has 1 fully saturated rings. The number of likely N-dealkylation sites (tertiary alicyclic amines) is 1. The maximum atomic E-state index is 10.4. The summed E-state index contributed by atoms with van der Waals surface area (Å²) in [5.41, 5.74) is 3.82. The van der Waals surface area contributed by atoms with Crippen LogP contribution < -0.4 is 5.32 Å². The average Bonchev–Trinajstić information content (AvgIpc) is 3.16. The van der Waals surface area contributed by atoms with E-state index < -0.39 is 0 Å². The maximum absolute atomic E-state index is 10.4. The molecule has 5 heteroatoms.